The maximum absolute atomic E-state index is 9.50. The lowest BCUT2D eigenvalue weighted by Crippen LogP contribution is -2.41. The van der Waals surface area contributed by atoms with Crippen LogP contribution >= 0.6 is 0 Å². The second-order valence-corrected chi connectivity index (χ2v) is 6.34. The smallest absolute Gasteiger partial charge is 0.127 e. The Morgan fingerprint density at radius 2 is 2.15 bits per heavy atom. The SMILES string of the molecule is CC(C)CC(CN(C)C)NC1COc2cc(O)ccc21. The number of likely N-dealkylation sites (N-methyl/N-ethyl adjacent to an activating group) is 1. The van der Waals surface area contributed by atoms with Crippen LogP contribution in [0.15, 0.2) is 18.2 Å². The Hall–Kier alpha value is -1.26. The summed E-state index contributed by atoms with van der Waals surface area (Å²) in [6.07, 6.45) is 1.14. The zero-order valence-electron chi connectivity index (χ0n) is 12.9. The highest BCUT2D eigenvalue weighted by atomic mass is 16.5. The molecule has 0 amide bonds. The van der Waals surface area contributed by atoms with Crippen LogP contribution in [-0.2, 0) is 0 Å². The Bertz CT molecular complexity index is 436. The fourth-order valence-corrected chi connectivity index (χ4v) is 2.83. The summed E-state index contributed by atoms with van der Waals surface area (Å²) in [5.74, 6) is 1.72. The van der Waals surface area contributed by atoms with E-state index >= 15 is 0 Å². The number of aromatic hydroxyl groups is 1. The van der Waals surface area contributed by atoms with E-state index in [1.54, 1.807) is 12.1 Å². The molecule has 1 aromatic carbocycles. The highest BCUT2D eigenvalue weighted by Gasteiger charge is 2.27. The van der Waals surface area contributed by atoms with E-state index in [1.165, 1.54) is 0 Å². The van der Waals surface area contributed by atoms with Crippen LogP contribution < -0.4 is 10.1 Å². The average Bonchev–Trinajstić information content (AvgIpc) is 2.69. The first-order valence-electron chi connectivity index (χ1n) is 7.32. The zero-order valence-corrected chi connectivity index (χ0v) is 12.9. The summed E-state index contributed by atoms with van der Waals surface area (Å²) >= 11 is 0. The predicted octanol–water partition coefficient (Wildman–Crippen LogP) is 2.39. The van der Waals surface area contributed by atoms with Gasteiger partial charge in [0.15, 0.2) is 0 Å². The number of phenols is 1. The van der Waals surface area contributed by atoms with Crippen LogP contribution in [0.5, 0.6) is 11.5 Å². The zero-order chi connectivity index (χ0) is 14.7. The number of hydrogen-bond donors (Lipinski definition) is 2. The van der Waals surface area contributed by atoms with Crippen LogP contribution in [0.4, 0.5) is 0 Å². The first-order valence-corrected chi connectivity index (χ1v) is 7.32. The quantitative estimate of drug-likeness (QED) is 0.838. The number of ether oxygens (including phenoxy) is 1. The summed E-state index contributed by atoms with van der Waals surface area (Å²) in [4.78, 5) is 2.22. The largest absolute Gasteiger partial charge is 0.508 e. The molecule has 0 bridgehead atoms. The van der Waals surface area contributed by atoms with Gasteiger partial charge in [-0.1, -0.05) is 13.8 Å². The summed E-state index contributed by atoms with van der Waals surface area (Å²) in [5.41, 5.74) is 1.15. The maximum Gasteiger partial charge on any atom is 0.127 e. The van der Waals surface area contributed by atoms with Crippen molar-refractivity contribution in [1.29, 1.82) is 0 Å². The van der Waals surface area contributed by atoms with Crippen molar-refractivity contribution in [1.82, 2.24) is 10.2 Å². The lowest BCUT2D eigenvalue weighted by atomic mass is 10.0. The van der Waals surface area contributed by atoms with Crippen molar-refractivity contribution in [3.63, 3.8) is 0 Å². The molecule has 0 radical (unpaired) electrons. The first-order chi connectivity index (χ1) is 9.45. The normalized spacial score (nSPS) is 19.2. The summed E-state index contributed by atoms with van der Waals surface area (Å²) in [5, 5.41) is 13.2. The predicted molar refractivity (Wildman–Crippen MR) is 81.3 cm³/mol. The molecule has 0 aliphatic carbocycles. The Morgan fingerprint density at radius 3 is 2.80 bits per heavy atom. The standard InChI is InChI=1S/C16H26N2O2/c1-11(2)7-12(9-18(3)4)17-15-10-20-16-8-13(19)5-6-14(15)16/h5-6,8,11-12,15,17,19H,7,9-10H2,1-4H3. The molecule has 4 nitrogen and oxygen atoms in total. The van der Waals surface area contributed by atoms with E-state index in [0.717, 1.165) is 24.3 Å². The third-order valence-corrected chi connectivity index (χ3v) is 3.56. The Morgan fingerprint density at radius 1 is 1.40 bits per heavy atom. The van der Waals surface area contributed by atoms with Crippen LogP contribution in [0, 0.1) is 5.92 Å². The van der Waals surface area contributed by atoms with Crippen molar-refractivity contribution in [2.75, 3.05) is 27.2 Å². The summed E-state index contributed by atoms with van der Waals surface area (Å²) in [7, 11) is 4.21. The van der Waals surface area contributed by atoms with Gasteiger partial charge >= 0.3 is 0 Å². The maximum atomic E-state index is 9.50. The van der Waals surface area contributed by atoms with Crippen molar-refractivity contribution in [3.8, 4) is 11.5 Å². The van der Waals surface area contributed by atoms with Crippen molar-refractivity contribution in [2.24, 2.45) is 5.92 Å². The Labute approximate surface area is 121 Å². The van der Waals surface area contributed by atoms with Gasteiger partial charge in [-0.3, -0.25) is 0 Å². The molecule has 20 heavy (non-hydrogen) atoms. The van der Waals surface area contributed by atoms with Gasteiger partial charge < -0.3 is 20.1 Å². The molecular formula is C16H26N2O2. The van der Waals surface area contributed by atoms with Gasteiger partial charge in [-0.05, 0) is 38.6 Å². The number of fused-ring (bicyclic) bond motifs is 1. The van der Waals surface area contributed by atoms with Gasteiger partial charge in [-0.15, -0.1) is 0 Å². The Kier molecular flexibility index (Phi) is 4.89. The number of hydrogen-bond acceptors (Lipinski definition) is 4. The lowest BCUT2D eigenvalue weighted by Gasteiger charge is -2.26. The molecule has 0 spiro atoms. The second-order valence-electron chi connectivity index (χ2n) is 6.34. The van der Waals surface area contributed by atoms with Gasteiger partial charge in [0.1, 0.15) is 18.1 Å². The minimum atomic E-state index is 0.217. The fourth-order valence-electron chi connectivity index (χ4n) is 2.83. The van der Waals surface area contributed by atoms with Gasteiger partial charge in [0.25, 0.3) is 0 Å². The van der Waals surface area contributed by atoms with E-state index in [1.807, 2.05) is 6.07 Å². The van der Waals surface area contributed by atoms with Crippen LogP contribution in [0.2, 0.25) is 0 Å². The summed E-state index contributed by atoms with van der Waals surface area (Å²) < 4.78 is 5.67. The Balaban J connectivity index is 2.05. The molecule has 2 N–H and O–H groups in total. The molecule has 0 saturated carbocycles. The van der Waals surface area contributed by atoms with E-state index in [4.69, 9.17) is 4.74 Å². The van der Waals surface area contributed by atoms with Crippen LogP contribution in [0.1, 0.15) is 31.9 Å². The van der Waals surface area contributed by atoms with E-state index in [0.29, 0.717) is 18.6 Å². The lowest BCUT2D eigenvalue weighted by molar-refractivity contribution is 0.254. The average molecular weight is 278 g/mol. The van der Waals surface area contributed by atoms with Gasteiger partial charge in [-0.2, -0.15) is 0 Å². The van der Waals surface area contributed by atoms with E-state index in [-0.39, 0.29) is 11.8 Å². The third kappa shape index (κ3) is 3.87. The first kappa shape index (κ1) is 15.1. The van der Waals surface area contributed by atoms with Crippen LogP contribution in [-0.4, -0.2) is 43.3 Å². The minimum absolute atomic E-state index is 0.217. The fraction of sp³-hybridized carbons (Fsp3) is 0.625. The molecule has 4 heteroatoms. The summed E-state index contributed by atoms with van der Waals surface area (Å²) in [6.45, 7) is 6.16. The molecule has 2 unspecified atom stereocenters. The molecule has 2 rings (SSSR count). The summed E-state index contributed by atoms with van der Waals surface area (Å²) in [6, 6.07) is 6.04. The van der Waals surface area contributed by atoms with E-state index in [2.05, 4.69) is 38.2 Å². The highest BCUT2D eigenvalue weighted by Crippen LogP contribution is 2.35. The molecule has 0 saturated heterocycles. The molecular weight excluding hydrogens is 252 g/mol. The second kappa shape index (κ2) is 6.46. The van der Waals surface area contributed by atoms with Gasteiger partial charge in [0, 0.05) is 24.2 Å². The molecule has 2 atom stereocenters. The molecule has 1 aliphatic heterocycles. The number of nitrogens with one attached hydrogen (secondary N) is 1. The van der Waals surface area contributed by atoms with Gasteiger partial charge in [0.05, 0.1) is 6.04 Å². The number of benzene rings is 1. The number of rotatable bonds is 6. The molecule has 1 aromatic rings. The van der Waals surface area contributed by atoms with Crippen molar-refractivity contribution in [3.05, 3.63) is 23.8 Å². The van der Waals surface area contributed by atoms with Crippen molar-refractivity contribution in [2.45, 2.75) is 32.4 Å². The minimum Gasteiger partial charge on any atom is -0.508 e. The van der Waals surface area contributed by atoms with Crippen LogP contribution in [0.3, 0.4) is 0 Å². The third-order valence-electron chi connectivity index (χ3n) is 3.56. The molecule has 1 aliphatic rings. The monoisotopic (exact) mass is 278 g/mol. The molecule has 0 aromatic heterocycles. The van der Waals surface area contributed by atoms with Crippen LogP contribution in [0.25, 0.3) is 0 Å². The van der Waals surface area contributed by atoms with Crippen molar-refractivity contribution >= 4 is 0 Å². The van der Waals surface area contributed by atoms with Gasteiger partial charge in [0.2, 0.25) is 0 Å². The van der Waals surface area contributed by atoms with Crippen molar-refractivity contribution < 1.29 is 9.84 Å². The molecule has 1 heterocycles. The molecule has 112 valence electrons. The van der Waals surface area contributed by atoms with Gasteiger partial charge in [-0.25, -0.2) is 0 Å². The van der Waals surface area contributed by atoms with E-state index < -0.39 is 0 Å². The van der Waals surface area contributed by atoms with E-state index in [9.17, 15) is 5.11 Å². The highest BCUT2D eigenvalue weighted by molar-refractivity contribution is 5.44. The number of phenolic OH excluding ortho intramolecular Hbond substituents is 1. The number of nitrogens with zero attached hydrogens (tertiary/aromatic N) is 1. The molecule has 0 fully saturated rings. The topological polar surface area (TPSA) is 44.7 Å².